The van der Waals surface area contributed by atoms with Crippen molar-refractivity contribution in [2.24, 2.45) is 17.8 Å². The minimum atomic E-state index is -0.701. The van der Waals surface area contributed by atoms with E-state index in [2.05, 4.69) is 15.9 Å². The molecule has 6 heteroatoms. The van der Waals surface area contributed by atoms with E-state index < -0.39 is 17.4 Å². The van der Waals surface area contributed by atoms with Crippen LogP contribution < -0.4 is 0 Å². The second-order valence-corrected chi connectivity index (χ2v) is 9.03. The number of esters is 1. The van der Waals surface area contributed by atoms with E-state index >= 15 is 0 Å². The number of benzene rings is 1. The molecule has 0 unspecified atom stereocenters. The van der Waals surface area contributed by atoms with E-state index in [-0.39, 0.29) is 29.9 Å². The summed E-state index contributed by atoms with van der Waals surface area (Å²) in [5.41, 5.74) is 0.354. The maximum absolute atomic E-state index is 13.3. The molecule has 1 aromatic rings. The molecule has 144 valence electrons. The molecule has 0 saturated carbocycles. The van der Waals surface area contributed by atoms with Crippen LogP contribution >= 0.6 is 15.9 Å². The summed E-state index contributed by atoms with van der Waals surface area (Å²) >= 11 is 3.44. The summed E-state index contributed by atoms with van der Waals surface area (Å²) in [7, 11) is 0. The van der Waals surface area contributed by atoms with Gasteiger partial charge in [0, 0.05) is 4.47 Å². The van der Waals surface area contributed by atoms with Crippen molar-refractivity contribution in [1.82, 2.24) is 4.90 Å². The summed E-state index contributed by atoms with van der Waals surface area (Å²) in [6.07, 6.45) is 3.53. The third kappa shape index (κ3) is 3.03. The van der Waals surface area contributed by atoms with Crippen LogP contribution in [0, 0.1) is 17.8 Å². The SMILES string of the molecule is CC(C)COC(=O)[C@@H]1[C@H]2C(=O)N([C@@H](C)c3ccc(Br)cc3)C[C@]23C=C[C@H]1O3. The molecule has 0 aliphatic carbocycles. The smallest absolute Gasteiger partial charge is 0.312 e. The van der Waals surface area contributed by atoms with Crippen LogP contribution in [0.2, 0.25) is 0 Å². The van der Waals surface area contributed by atoms with Gasteiger partial charge in [0.1, 0.15) is 11.5 Å². The van der Waals surface area contributed by atoms with Gasteiger partial charge in [-0.15, -0.1) is 0 Å². The van der Waals surface area contributed by atoms with Gasteiger partial charge < -0.3 is 14.4 Å². The van der Waals surface area contributed by atoms with Gasteiger partial charge in [0.2, 0.25) is 5.91 Å². The molecule has 1 spiro atoms. The first-order valence-corrected chi connectivity index (χ1v) is 10.2. The molecule has 0 aromatic heterocycles. The van der Waals surface area contributed by atoms with Crippen LogP contribution in [0.3, 0.4) is 0 Å². The highest BCUT2D eigenvalue weighted by Crippen LogP contribution is 2.53. The number of fused-ring (bicyclic) bond motifs is 1. The van der Waals surface area contributed by atoms with Crippen LogP contribution in [0.4, 0.5) is 0 Å². The fourth-order valence-corrected chi connectivity index (χ4v) is 4.66. The third-order valence-corrected chi connectivity index (χ3v) is 6.31. The molecule has 3 heterocycles. The first-order valence-electron chi connectivity index (χ1n) is 9.42. The van der Waals surface area contributed by atoms with E-state index in [0.717, 1.165) is 10.0 Å². The molecular weight excluding hydrogens is 410 g/mol. The highest BCUT2D eigenvalue weighted by atomic mass is 79.9. The van der Waals surface area contributed by atoms with Gasteiger partial charge in [-0.2, -0.15) is 0 Å². The van der Waals surface area contributed by atoms with E-state index in [9.17, 15) is 9.59 Å². The van der Waals surface area contributed by atoms with Crippen LogP contribution in [-0.2, 0) is 19.1 Å². The zero-order valence-electron chi connectivity index (χ0n) is 15.7. The minimum absolute atomic E-state index is 0.0243. The lowest BCUT2D eigenvalue weighted by Gasteiger charge is -2.27. The Labute approximate surface area is 167 Å². The number of hydrogen-bond donors (Lipinski definition) is 0. The Kier molecular flexibility index (Phi) is 4.67. The first-order chi connectivity index (χ1) is 12.8. The molecule has 2 fully saturated rings. The zero-order valence-corrected chi connectivity index (χ0v) is 17.3. The van der Waals surface area contributed by atoms with Crippen molar-refractivity contribution in [3.05, 3.63) is 46.5 Å². The molecule has 27 heavy (non-hydrogen) atoms. The highest BCUT2D eigenvalue weighted by molar-refractivity contribution is 9.10. The standard InChI is InChI=1S/C21H24BrNO4/c1-12(2)10-26-20(25)17-16-8-9-21(27-16)11-23(19(24)18(17)21)13(3)14-4-6-15(22)7-5-14/h4-9,12-13,16-18H,10-11H2,1-3H3/t13-,16+,17-,18-,21+/m0/s1. The Bertz CT molecular complexity index is 790. The second-order valence-electron chi connectivity index (χ2n) is 8.12. The van der Waals surface area contributed by atoms with Crippen molar-refractivity contribution in [3.63, 3.8) is 0 Å². The monoisotopic (exact) mass is 433 g/mol. The molecule has 2 saturated heterocycles. The number of nitrogens with zero attached hydrogens (tertiary/aromatic N) is 1. The molecule has 5 nitrogen and oxygen atoms in total. The number of ether oxygens (including phenoxy) is 2. The second kappa shape index (κ2) is 6.74. The molecule has 1 amide bonds. The van der Waals surface area contributed by atoms with Gasteiger partial charge in [0.25, 0.3) is 0 Å². The number of carbonyl (C=O) groups is 2. The third-order valence-electron chi connectivity index (χ3n) is 5.78. The lowest BCUT2D eigenvalue weighted by Crippen LogP contribution is -2.40. The van der Waals surface area contributed by atoms with Gasteiger partial charge in [-0.1, -0.05) is 54.1 Å². The van der Waals surface area contributed by atoms with E-state index in [1.807, 2.05) is 62.1 Å². The summed E-state index contributed by atoms with van der Waals surface area (Å²) in [6, 6.07) is 7.88. The summed E-state index contributed by atoms with van der Waals surface area (Å²) in [4.78, 5) is 27.8. The highest BCUT2D eigenvalue weighted by Gasteiger charge is 2.67. The first kappa shape index (κ1) is 18.7. The Morgan fingerprint density at radius 2 is 2.04 bits per heavy atom. The molecule has 2 bridgehead atoms. The lowest BCUT2D eigenvalue weighted by atomic mass is 9.77. The number of amides is 1. The molecule has 1 aromatic carbocycles. The Hall–Kier alpha value is -1.66. The van der Waals surface area contributed by atoms with Crippen LogP contribution in [-0.4, -0.2) is 41.6 Å². The quantitative estimate of drug-likeness (QED) is 0.526. The van der Waals surface area contributed by atoms with Crippen molar-refractivity contribution >= 4 is 27.8 Å². The topological polar surface area (TPSA) is 55.8 Å². The maximum Gasteiger partial charge on any atom is 0.312 e. The molecule has 3 aliphatic rings. The normalized spacial score (nSPS) is 32.3. The summed E-state index contributed by atoms with van der Waals surface area (Å²) in [6.45, 7) is 6.83. The predicted octanol–water partition coefficient (Wildman–Crippen LogP) is 3.49. The predicted molar refractivity (Wildman–Crippen MR) is 104 cm³/mol. The van der Waals surface area contributed by atoms with E-state index in [0.29, 0.717) is 13.2 Å². The van der Waals surface area contributed by atoms with Gasteiger partial charge in [0.05, 0.1) is 31.2 Å². The number of rotatable bonds is 5. The maximum atomic E-state index is 13.3. The fraction of sp³-hybridized carbons (Fsp3) is 0.524. The van der Waals surface area contributed by atoms with Crippen molar-refractivity contribution in [3.8, 4) is 0 Å². The average molecular weight is 434 g/mol. The van der Waals surface area contributed by atoms with E-state index in [4.69, 9.17) is 9.47 Å². The van der Waals surface area contributed by atoms with Gasteiger partial charge in [-0.25, -0.2) is 0 Å². The van der Waals surface area contributed by atoms with Crippen LogP contribution in [0.1, 0.15) is 32.4 Å². The van der Waals surface area contributed by atoms with E-state index in [1.54, 1.807) is 0 Å². The van der Waals surface area contributed by atoms with Crippen molar-refractivity contribution in [2.75, 3.05) is 13.2 Å². The molecule has 0 N–H and O–H groups in total. The van der Waals surface area contributed by atoms with Crippen LogP contribution in [0.25, 0.3) is 0 Å². The molecule has 3 aliphatic heterocycles. The molecular formula is C21H24BrNO4. The van der Waals surface area contributed by atoms with Crippen molar-refractivity contribution in [2.45, 2.75) is 38.5 Å². The van der Waals surface area contributed by atoms with Crippen LogP contribution in [0.5, 0.6) is 0 Å². The van der Waals surface area contributed by atoms with Gasteiger partial charge in [-0.05, 0) is 30.5 Å². The Morgan fingerprint density at radius 3 is 2.70 bits per heavy atom. The zero-order chi connectivity index (χ0) is 19.3. The van der Waals surface area contributed by atoms with Crippen molar-refractivity contribution < 1.29 is 19.1 Å². The Balaban J connectivity index is 1.57. The number of carbonyl (C=O) groups excluding carboxylic acids is 2. The lowest BCUT2D eigenvalue weighted by molar-refractivity contribution is -0.155. The van der Waals surface area contributed by atoms with Gasteiger partial charge in [-0.3, -0.25) is 9.59 Å². The molecule has 0 radical (unpaired) electrons. The van der Waals surface area contributed by atoms with Crippen LogP contribution in [0.15, 0.2) is 40.9 Å². The summed E-state index contributed by atoms with van der Waals surface area (Å²) in [5, 5.41) is 0. The molecule has 5 atom stereocenters. The number of hydrogen-bond acceptors (Lipinski definition) is 4. The number of halogens is 1. The summed E-state index contributed by atoms with van der Waals surface area (Å²) < 4.78 is 12.6. The summed E-state index contributed by atoms with van der Waals surface area (Å²) in [5.74, 6) is -1.14. The number of likely N-dealkylation sites (tertiary alicyclic amines) is 1. The van der Waals surface area contributed by atoms with Gasteiger partial charge in [0.15, 0.2) is 0 Å². The average Bonchev–Trinajstić information content (AvgIpc) is 3.28. The van der Waals surface area contributed by atoms with Gasteiger partial charge >= 0.3 is 5.97 Å². The van der Waals surface area contributed by atoms with Crippen molar-refractivity contribution in [1.29, 1.82) is 0 Å². The largest absolute Gasteiger partial charge is 0.465 e. The fourth-order valence-electron chi connectivity index (χ4n) is 4.39. The minimum Gasteiger partial charge on any atom is -0.465 e. The van der Waals surface area contributed by atoms with E-state index in [1.165, 1.54) is 0 Å². The molecule has 4 rings (SSSR count). The Morgan fingerprint density at radius 1 is 1.33 bits per heavy atom.